The zero-order valence-electron chi connectivity index (χ0n) is 8.91. The second kappa shape index (κ2) is 4.32. The van der Waals surface area contributed by atoms with Gasteiger partial charge in [-0.15, -0.1) is 11.8 Å². The third-order valence-corrected chi connectivity index (χ3v) is 3.42. The molecular weight excluding hydrogens is 240 g/mol. The lowest BCUT2D eigenvalue weighted by Gasteiger charge is -2.06. The van der Waals surface area contributed by atoms with Crippen LogP contribution in [0.15, 0.2) is 23.2 Å². The van der Waals surface area contributed by atoms with E-state index in [1.165, 1.54) is 11.8 Å². The zero-order chi connectivity index (χ0) is 11.7. The fraction of sp³-hybridized carbons (Fsp3) is 0.167. The number of aromatic nitrogens is 1. The lowest BCUT2D eigenvalue weighted by molar-refractivity contribution is 1.16. The molecule has 0 radical (unpaired) electrons. The first kappa shape index (κ1) is 11.3. The van der Waals surface area contributed by atoms with Crippen molar-refractivity contribution in [3.63, 3.8) is 0 Å². The van der Waals surface area contributed by atoms with Gasteiger partial charge in [-0.25, -0.2) is 4.98 Å². The normalized spacial score (nSPS) is 10.4. The highest BCUT2D eigenvalue weighted by Crippen LogP contribution is 2.31. The Labute approximate surface area is 103 Å². The van der Waals surface area contributed by atoms with E-state index in [1.54, 1.807) is 0 Å². The molecule has 0 aliphatic carbocycles. The predicted octanol–water partition coefficient (Wildman–Crippen LogP) is 3.79. The maximum atomic E-state index is 9.07. The van der Waals surface area contributed by atoms with E-state index in [-0.39, 0.29) is 0 Å². The molecule has 0 atom stereocenters. The maximum absolute atomic E-state index is 9.07. The van der Waals surface area contributed by atoms with Crippen LogP contribution in [0.1, 0.15) is 11.1 Å². The number of thioether (sulfide) groups is 1. The SMILES string of the molecule is CSc1nc2ccc(C)cc2c(Cl)c1C#N. The van der Waals surface area contributed by atoms with E-state index in [1.807, 2.05) is 31.4 Å². The van der Waals surface area contributed by atoms with Gasteiger partial charge in [0, 0.05) is 5.39 Å². The van der Waals surface area contributed by atoms with Crippen molar-refractivity contribution in [2.75, 3.05) is 6.26 Å². The standard InChI is InChI=1S/C12H9ClN2S/c1-7-3-4-10-8(5-7)11(13)9(6-14)12(15-10)16-2/h3-5H,1-2H3. The Balaban J connectivity index is 2.89. The minimum absolute atomic E-state index is 0.465. The molecule has 0 aliphatic rings. The quantitative estimate of drug-likeness (QED) is 0.721. The molecule has 2 aromatic rings. The Morgan fingerprint density at radius 1 is 1.44 bits per heavy atom. The van der Waals surface area contributed by atoms with Gasteiger partial charge in [-0.05, 0) is 25.3 Å². The van der Waals surface area contributed by atoms with Crippen molar-refractivity contribution in [2.24, 2.45) is 0 Å². The highest BCUT2D eigenvalue weighted by molar-refractivity contribution is 7.98. The fourth-order valence-corrected chi connectivity index (χ4v) is 2.44. The van der Waals surface area contributed by atoms with Crippen LogP contribution in [0, 0.1) is 18.3 Å². The van der Waals surface area contributed by atoms with Gasteiger partial charge in [0.25, 0.3) is 0 Å². The minimum atomic E-state index is 0.465. The third kappa shape index (κ3) is 1.75. The minimum Gasteiger partial charge on any atom is -0.240 e. The molecule has 0 bridgehead atoms. The average molecular weight is 249 g/mol. The van der Waals surface area contributed by atoms with Crippen LogP contribution in [-0.4, -0.2) is 11.2 Å². The number of aryl methyl sites for hydroxylation is 1. The number of hydrogen-bond acceptors (Lipinski definition) is 3. The Hall–Kier alpha value is -1.24. The molecule has 2 nitrogen and oxygen atoms in total. The molecule has 0 fully saturated rings. The molecule has 4 heteroatoms. The second-order valence-corrected chi connectivity index (χ2v) is 4.62. The number of pyridine rings is 1. The molecule has 0 N–H and O–H groups in total. The van der Waals surface area contributed by atoms with E-state index in [0.29, 0.717) is 15.6 Å². The molecule has 0 saturated heterocycles. The van der Waals surface area contributed by atoms with E-state index >= 15 is 0 Å². The van der Waals surface area contributed by atoms with Gasteiger partial charge in [-0.2, -0.15) is 5.26 Å². The maximum Gasteiger partial charge on any atom is 0.116 e. The summed E-state index contributed by atoms with van der Waals surface area (Å²) in [5.74, 6) is 0. The molecule has 0 saturated carbocycles. The molecule has 0 spiro atoms. The van der Waals surface area contributed by atoms with Gasteiger partial charge in [0.15, 0.2) is 0 Å². The van der Waals surface area contributed by atoms with Crippen molar-refractivity contribution < 1.29 is 0 Å². The molecule has 1 aromatic carbocycles. The fourth-order valence-electron chi connectivity index (χ4n) is 1.56. The molecule has 1 heterocycles. The van der Waals surface area contributed by atoms with E-state index < -0.39 is 0 Å². The van der Waals surface area contributed by atoms with Crippen LogP contribution in [0.4, 0.5) is 0 Å². The summed E-state index contributed by atoms with van der Waals surface area (Å²) in [6, 6.07) is 7.98. The van der Waals surface area contributed by atoms with Crippen molar-refractivity contribution in [2.45, 2.75) is 11.9 Å². The monoisotopic (exact) mass is 248 g/mol. The van der Waals surface area contributed by atoms with Gasteiger partial charge >= 0.3 is 0 Å². The summed E-state index contributed by atoms with van der Waals surface area (Å²) < 4.78 is 0. The van der Waals surface area contributed by atoms with Gasteiger partial charge in [-0.3, -0.25) is 0 Å². The van der Waals surface area contributed by atoms with Gasteiger partial charge in [0.1, 0.15) is 16.7 Å². The Morgan fingerprint density at radius 3 is 2.81 bits per heavy atom. The molecule has 0 amide bonds. The topological polar surface area (TPSA) is 36.7 Å². The zero-order valence-corrected chi connectivity index (χ0v) is 10.5. The lowest BCUT2D eigenvalue weighted by atomic mass is 10.1. The first-order chi connectivity index (χ1) is 7.67. The van der Waals surface area contributed by atoms with Crippen LogP contribution < -0.4 is 0 Å². The van der Waals surface area contributed by atoms with Crippen LogP contribution in [-0.2, 0) is 0 Å². The van der Waals surface area contributed by atoms with Gasteiger partial charge in [-0.1, -0.05) is 23.2 Å². The summed E-state index contributed by atoms with van der Waals surface area (Å²) >= 11 is 7.66. The summed E-state index contributed by atoms with van der Waals surface area (Å²) in [6.45, 7) is 1.99. The summed E-state index contributed by atoms with van der Waals surface area (Å²) in [6.07, 6.45) is 1.89. The van der Waals surface area contributed by atoms with Crippen LogP contribution in [0.2, 0.25) is 5.02 Å². The van der Waals surface area contributed by atoms with Crippen molar-refractivity contribution >= 4 is 34.3 Å². The van der Waals surface area contributed by atoms with Crippen LogP contribution >= 0.6 is 23.4 Å². The van der Waals surface area contributed by atoms with Crippen LogP contribution in [0.25, 0.3) is 10.9 Å². The van der Waals surface area contributed by atoms with Crippen molar-refractivity contribution in [3.8, 4) is 6.07 Å². The van der Waals surface area contributed by atoms with E-state index in [0.717, 1.165) is 16.5 Å². The highest BCUT2D eigenvalue weighted by atomic mass is 35.5. The summed E-state index contributed by atoms with van der Waals surface area (Å²) in [7, 11) is 0. The number of rotatable bonds is 1. The van der Waals surface area contributed by atoms with Crippen molar-refractivity contribution in [3.05, 3.63) is 34.3 Å². The number of hydrogen-bond donors (Lipinski definition) is 0. The lowest BCUT2D eigenvalue weighted by Crippen LogP contribution is -1.91. The van der Waals surface area contributed by atoms with Gasteiger partial charge in [0.05, 0.1) is 10.5 Å². The van der Waals surface area contributed by atoms with Crippen molar-refractivity contribution in [1.29, 1.82) is 5.26 Å². The van der Waals surface area contributed by atoms with Crippen LogP contribution in [0.3, 0.4) is 0 Å². The third-order valence-electron chi connectivity index (χ3n) is 2.35. The Kier molecular flexibility index (Phi) is 3.04. The molecule has 1 aromatic heterocycles. The average Bonchev–Trinajstić information content (AvgIpc) is 2.29. The molecular formula is C12H9ClN2S. The smallest absolute Gasteiger partial charge is 0.116 e. The van der Waals surface area contributed by atoms with E-state index in [4.69, 9.17) is 16.9 Å². The Morgan fingerprint density at radius 2 is 2.19 bits per heavy atom. The summed E-state index contributed by atoms with van der Waals surface area (Å²) in [5, 5.41) is 11.1. The highest BCUT2D eigenvalue weighted by Gasteiger charge is 2.12. The van der Waals surface area contributed by atoms with E-state index in [2.05, 4.69) is 11.1 Å². The Bertz CT molecular complexity index is 602. The molecule has 0 aliphatic heterocycles. The predicted molar refractivity (Wildman–Crippen MR) is 68.0 cm³/mol. The molecule has 0 unspecified atom stereocenters. The summed E-state index contributed by atoms with van der Waals surface area (Å²) in [4.78, 5) is 4.42. The largest absolute Gasteiger partial charge is 0.240 e. The van der Waals surface area contributed by atoms with Gasteiger partial charge < -0.3 is 0 Å². The number of nitriles is 1. The second-order valence-electron chi connectivity index (χ2n) is 3.44. The number of nitrogens with zero attached hydrogens (tertiary/aromatic N) is 2. The van der Waals surface area contributed by atoms with Crippen molar-refractivity contribution in [1.82, 2.24) is 4.98 Å². The molecule has 16 heavy (non-hydrogen) atoms. The summed E-state index contributed by atoms with van der Waals surface area (Å²) in [5.41, 5.74) is 2.41. The molecule has 2 rings (SSSR count). The molecule has 80 valence electrons. The van der Waals surface area contributed by atoms with Gasteiger partial charge in [0.2, 0.25) is 0 Å². The van der Waals surface area contributed by atoms with Crippen LogP contribution in [0.5, 0.6) is 0 Å². The first-order valence-electron chi connectivity index (χ1n) is 4.71. The number of fused-ring (bicyclic) bond motifs is 1. The number of halogens is 1. The first-order valence-corrected chi connectivity index (χ1v) is 6.31. The van der Waals surface area contributed by atoms with E-state index in [9.17, 15) is 0 Å². The number of benzene rings is 1.